The normalized spacial score (nSPS) is 16.2. The van der Waals surface area contributed by atoms with E-state index in [1.807, 2.05) is 13.0 Å². The summed E-state index contributed by atoms with van der Waals surface area (Å²) < 4.78 is 42.4. The molecule has 2 aromatic heterocycles. The summed E-state index contributed by atoms with van der Waals surface area (Å²) in [5.74, 6) is -2.98. The second-order valence-corrected chi connectivity index (χ2v) is 7.96. The van der Waals surface area contributed by atoms with Gasteiger partial charge >= 0.3 is 12.1 Å². The lowest BCUT2D eigenvalue weighted by Gasteiger charge is -2.32. The molecule has 0 radical (unpaired) electrons. The van der Waals surface area contributed by atoms with Crippen LogP contribution in [-0.4, -0.2) is 64.4 Å². The first kappa shape index (κ1) is 22.7. The van der Waals surface area contributed by atoms with Crippen molar-refractivity contribution in [2.24, 2.45) is 0 Å². The molecule has 1 saturated heterocycles. The van der Waals surface area contributed by atoms with Crippen LogP contribution in [0.2, 0.25) is 0 Å². The van der Waals surface area contributed by atoms with Gasteiger partial charge in [-0.3, -0.25) is 4.79 Å². The molecule has 0 bridgehead atoms. The Morgan fingerprint density at radius 1 is 1.27 bits per heavy atom. The van der Waals surface area contributed by atoms with Gasteiger partial charge in [0.2, 0.25) is 0 Å². The lowest BCUT2D eigenvalue weighted by molar-refractivity contribution is -0.136. The molecule has 1 aliphatic rings. The van der Waals surface area contributed by atoms with Crippen molar-refractivity contribution >= 4 is 17.7 Å². The molecule has 3 heterocycles. The first-order valence-electron chi connectivity index (χ1n) is 10.4. The maximum absolute atomic E-state index is 15.0. The van der Waals surface area contributed by atoms with E-state index >= 15 is 8.78 Å². The zero-order valence-corrected chi connectivity index (χ0v) is 18.2. The highest BCUT2D eigenvalue weighted by molar-refractivity contribution is 5.72. The fraction of sp³-hybridized carbons (Fsp3) is 0.348. The van der Waals surface area contributed by atoms with Crippen molar-refractivity contribution in [2.75, 3.05) is 26.8 Å². The van der Waals surface area contributed by atoms with Gasteiger partial charge in [-0.25, -0.2) is 18.6 Å². The average Bonchev–Trinajstić information content (AvgIpc) is 3.09. The minimum Gasteiger partial charge on any atom is -0.481 e. The number of halogens is 2. The molecule has 1 amide bonds. The highest BCUT2D eigenvalue weighted by atomic mass is 19.1. The van der Waals surface area contributed by atoms with E-state index in [1.165, 1.54) is 12.0 Å². The van der Waals surface area contributed by atoms with Crippen LogP contribution < -0.4 is 0 Å². The maximum Gasteiger partial charge on any atom is 0.409 e. The summed E-state index contributed by atoms with van der Waals surface area (Å²) in [5, 5.41) is 8.95. The molecule has 1 aromatic carbocycles. The predicted molar refractivity (Wildman–Crippen MR) is 114 cm³/mol. The average molecular weight is 459 g/mol. The van der Waals surface area contributed by atoms with E-state index in [2.05, 4.69) is 4.98 Å². The fourth-order valence-electron chi connectivity index (χ4n) is 4.07. The Kier molecular flexibility index (Phi) is 6.28. The van der Waals surface area contributed by atoms with Gasteiger partial charge in [0.1, 0.15) is 17.3 Å². The number of aryl methyl sites for hydroxylation is 1. The number of aliphatic carboxylic acids is 1. The van der Waals surface area contributed by atoms with E-state index in [4.69, 9.17) is 14.6 Å². The van der Waals surface area contributed by atoms with Gasteiger partial charge in [-0.1, -0.05) is 0 Å². The van der Waals surface area contributed by atoms with Crippen LogP contribution >= 0.6 is 0 Å². The molecular weight excluding hydrogens is 436 g/mol. The Morgan fingerprint density at radius 2 is 2.00 bits per heavy atom. The number of carboxylic acids is 1. The van der Waals surface area contributed by atoms with Crippen molar-refractivity contribution in [3.63, 3.8) is 0 Å². The van der Waals surface area contributed by atoms with Crippen LogP contribution in [0.4, 0.5) is 13.6 Å². The molecule has 174 valence electrons. The number of ether oxygens (including phenoxy) is 2. The fourth-order valence-corrected chi connectivity index (χ4v) is 4.07. The Hall–Kier alpha value is -3.53. The van der Waals surface area contributed by atoms with E-state index in [9.17, 15) is 9.59 Å². The number of carboxylic acid groups (broad SMARTS) is 1. The third-order valence-electron chi connectivity index (χ3n) is 5.57. The van der Waals surface area contributed by atoms with Gasteiger partial charge in [0.15, 0.2) is 0 Å². The number of benzene rings is 1. The zero-order valence-electron chi connectivity index (χ0n) is 18.2. The van der Waals surface area contributed by atoms with Crippen molar-refractivity contribution in [2.45, 2.75) is 25.9 Å². The molecule has 1 fully saturated rings. The van der Waals surface area contributed by atoms with Crippen LogP contribution in [0.15, 0.2) is 30.5 Å². The molecule has 0 unspecified atom stereocenters. The summed E-state index contributed by atoms with van der Waals surface area (Å²) in [6.45, 7) is 2.83. The zero-order chi connectivity index (χ0) is 23.7. The highest BCUT2D eigenvalue weighted by Crippen LogP contribution is 2.32. The monoisotopic (exact) mass is 459 g/mol. The molecule has 1 N–H and O–H groups in total. The van der Waals surface area contributed by atoms with Gasteiger partial charge < -0.3 is 23.9 Å². The minimum atomic E-state index is -1.19. The van der Waals surface area contributed by atoms with Gasteiger partial charge in [0, 0.05) is 19.2 Å². The summed E-state index contributed by atoms with van der Waals surface area (Å²) in [6, 6.07) is 5.68. The number of hydrogen-bond acceptors (Lipinski definition) is 5. The quantitative estimate of drug-likeness (QED) is 0.630. The first-order chi connectivity index (χ1) is 15.8. The topological polar surface area (TPSA) is 93.4 Å². The van der Waals surface area contributed by atoms with Gasteiger partial charge in [0.25, 0.3) is 0 Å². The van der Waals surface area contributed by atoms with Crippen LogP contribution in [0.5, 0.6) is 0 Å². The summed E-state index contributed by atoms with van der Waals surface area (Å²) in [6.07, 6.45) is 0.609. The number of imidazole rings is 1. The molecule has 0 spiro atoms. The molecule has 8 nitrogen and oxygen atoms in total. The second kappa shape index (κ2) is 9.14. The number of rotatable bonds is 5. The van der Waals surface area contributed by atoms with Crippen LogP contribution in [0, 0.1) is 18.6 Å². The van der Waals surface area contributed by atoms with Crippen molar-refractivity contribution in [1.82, 2.24) is 14.3 Å². The van der Waals surface area contributed by atoms with Crippen molar-refractivity contribution in [3.05, 3.63) is 58.9 Å². The van der Waals surface area contributed by atoms with Gasteiger partial charge in [0.05, 0.1) is 49.7 Å². The third-order valence-corrected chi connectivity index (χ3v) is 5.57. The summed E-state index contributed by atoms with van der Waals surface area (Å²) in [7, 11) is 1.30. The molecule has 0 aliphatic carbocycles. The number of carbonyl (C=O) groups excluding carboxylic acids is 1. The van der Waals surface area contributed by atoms with Crippen LogP contribution in [-0.2, 0) is 27.1 Å². The molecule has 10 heteroatoms. The lowest BCUT2D eigenvalue weighted by Crippen LogP contribution is -2.46. The first-order valence-corrected chi connectivity index (χ1v) is 10.4. The molecule has 33 heavy (non-hydrogen) atoms. The summed E-state index contributed by atoms with van der Waals surface area (Å²) >= 11 is 0. The number of carbonyl (C=O) groups is 2. The number of morpholine rings is 1. The Balaban J connectivity index is 1.78. The van der Waals surface area contributed by atoms with Gasteiger partial charge in [-0.05, 0) is 42.3 Å². The van der Waals surface area contributed by atoms with Crippen LogP contribution in [0.1, 0.15) is 16.8 Å². The maximum atomic E-state index is 15.0. The Labute approximate surface area is 188 Å². The minimum absolute atomic E-state index is 0.0201. The highest BCUT2D eigenvalue weighted by Gasteiger charge is 2.29. The number of pyridine rings is 1. The molecule has 1 atom stereocenters. The Bertz CT molecular complexity index is 1200. The van der Waals surface area contributed by atoms with E-state index in [1.54, 1.807) is 16.7 Å². The molecule has 4 rings (SSSR count). The molecular formula is C23H23F2N3O5. The number of aromatic nitrogens is 2. The van der Waals surface area contributed by atoms with E-state index in [0.29, 0.717) is 24.5 Å². The second-order valence-electron chi connectivity index (χ2n) is 7.96. The summed E-state index contributed by atoms with van der Waals surface area (Å²) in [5.41, 5.74) is 1.75. The van der Waals surface area contributed by atoms with E-state index in [0.717, 1.165) is 17.7 Å². The predicted octanol–water partition coefficient (Wildman–Crippen LogP) is 3.22. The van der Waals surface area contributed by atoms with E-state index < -0.39 is 36.2 Å². The van der Waals surface area contributed by atoms with Crippen LogP contribution in [0.25, 0.3) is 16.9 Å². The number of fused-ring (bicyclic) bond motifs is 1. The molecule has 0 saturated carbocycles. The number of hydrogen-bond donors (Lipinski definition) is 1. The Morgan fingerprint density at radius 3 is 2.67 bits per heavy atom. The number of nitrogens with zero attached hydrogens (tertiary/aromatic N) is 3. The molecule has 3 aromatic rings. The number of amides is 1. The van der Waals surface area contributed by atoms with Gasteiger partial charge in [-0.2, -0.15) is 0 Å². The van der Waals surface area contributed by atoms with Crippen LogP contribution in [0.3, 0.4) is 0 Å². The standard InChI is InChI=1S/C23H23F2N3O5/c1-13-3-4-28-18(11-15-12-27(5-6-33-15)23(31)32-2)22(26-19(28)7-13)21-16(24)8-14(9-17(21)25)10-20(29)30/h3-4,7-9,15H,5-6,10-12H2,1-2H3,(H,29,30)/t15-/m0/s1. The third kappa shape index (κ3) is 4.65. The smallest absolute Gasteiger partial charge is 0.409 e. The SMILES string of the molecule is COC(=O)N1CCO[C@@H](Cc2c(-c3c(F)cc(CC(=O)O)cc3F)nc3cc(C)ccn23)C1. The van der Waals surface area contributed by atoms with E-state index in [-0.39, 0.29) is 29.8 Å². The van der Waals surface area contributed by atoms with Crippen molar-refractivity contribution in [1.29, 1.82) is 0 Å². The van der Waals surface area contributed by atoms with Crippen molar-refractivity contribution in [3.8, 4) is 11.3 Å². The number of methoxy groups -OCH3 is 1. The largest absolute Gasteiger partial charge is 0.481 e. The summed E-state index contributed by atoms with van der Waals surface area (Å²) in [4.78, 5) is 28.9. The van der Waals surface area contributed by atoms with Crippen molar-refractivity contribution < 1.29 is 33.0 Å². The molecule has 1 aliphatic heterocycles. The van der Waals surface area contributed by atoms with Gasteiger partial charge in [-0.15, -0.1) is 0 Å². The lowest BCUT2D eigenvalue weighted by atomic mass is 10.0.